The number of alkyl halides is 2. The van der Waals surface area contributed by atoms with Gasteiger partial charge < -0.3 is 20.4 Å². The van der Waals surface area contributed by atoms with Crippen LogP contribution in [0.5, 0.6) is 0 Å². The van der Waals surface area contributed by atoms with Crippen LogP contribution < -0.4 is 10.2 Å². The minimum atomic E-state index is -1.27. The first-order chi connectivity index (χ1) is 12.8. The highest BCUT2D eigenvalue weighted by Crippen LogP contribution is 2.35. The van der Waals surface area contributed by atoms with Gasteiger partial charge >= 0.3 is 0 Å². The van der Waals surface area contributed by atoms with Crippen molar-refractivity contribution in [3.05, 3.63) is 37.9 Å². The molecule has 1 rings (SSSR count). The van der Waals surface area contributed by atoms with Gasteiger partial charge in [0.1, 0.15) is 11.3 Å². The molecule has 3 N–H and O–H groups in total. The number of benzene rings is 1. The van der Waals surface area contributed by atoms with E-state index >= 15 is 0 Å². The lowest BCUT2D eigenvalue weighted by atomic mass is 10.1. The van der Waals surface area contributed by atoms with Gasteiger partial charge in [-0.05, 0) is 0 Å². The molecule has 0 aliphatic carbocycles. The van der Waals surface area contributed by atoms with E-state index in [2.05, 4.69) is 5.32 Å². The zero-order valence-electron chi connectivity index (χ0n) is 14.0. The van der Waals surface area contributed by atoms with E-state index in [-0.39, 0.29) is 37.1 Å². The number of carbonyl (C=O) groups is 1. The average molecular weight is 425 g/mol. The van der Waals surface area contributed by atoms with Crippen molar-refractivity contribution in [2.45, 2.75) is 6.10 Å². The van der Waals surface area contributed by atoms with Gasteiger partial charge in [-0.25, -0.2) is 0 Å². The molecule has 0 aromatic heterocycles. The predicted molar refractivity (Wildman–Crippen MR) is 98.8 cm³/mol. The number of hydrogen-bond acceptors (Lipinski definition) is 8. The zero-order chi connectivity index (χ0) is 20.6. The Kier molecular flexibility index (Phi) is 9.15. The summed E-state index contributed by atoms with van der Waals surface area (Å²) in [7, 11) is 0. The molecule has 0 spiro atoms. The van der Waals surface area contributed by atoms with Crippen molar-refractivity contribution in [3.63, 3.8) is 0 Å². The molecule has 1 unspecified atom stereocenters. The minimum Gasteiger partial charge on any atom is -0.394 e. The fourth-order valence-corrected chi connectivity index (χ4v) is 2.63. The minimum absolute atomic E-state index is 0.0834. The van der Waals surface area contributed by atoms with E-state index in [1.165, 1.54) is 4.90 Å². The lowest BCUT2D eigenvalue weighted by Gasteiger charge is -2.22. The van der Waals surface area contributed by atoms with Gasteiger partial charge in [0.05, 0.1) is 22.6 Å². The first-order valence-electron chi connectivity index (χ1n) is 7.67. The Hall–Kier alpha value is -2.21. The summed E-state index contributed by atoms with van der Waals surface area (Å²) in [6.45, 7) is -0.707. The van der Waals surface area contributed by atoms with E-state index in [1.54, 1.807) is 0 Å². The number of nitrogens with zero attached hydrogens (tertiary/aromatic N) is 3. The molecule has 27 heavy (non-hydrogen) atoms. The van der Waals surface area contributed by atoms with Crippen molar-refractivity contribution >= 4 is 46.2 Å². The molecule has 0 aliphatic heterocycles. The van der Waals surface area contributed by atoms with Crippen LogP contribution in [0, 0.1) is 20.2 Å². The molecule has 1 aromatic rings. The highest BCUT2D eigenvalue weighted by atomic mass is 35.5. The van der Waals surface area contributed by atoms with Crippen molar-refractivity contribution in [1.29, 1.82) is 0 Å². The van der Waals surface area contributed by atoms with Crippen molar-refractivity contribution in [2.24, 2.45) is 0 Å². The molecule has 0 saturated carbocycles. The van der Waals surface area contributed by atoms with Crippen molar-refractivity contribution in [3.8, 4) is 0 Å². The number of halogens is 2. The first-order valence-corrected chi connectivity index (χ1v) is 8.74. The van der Waals surface area contributed by atoms with Crippen LogP contribution in [0.25, 0.3) is 0 Å². The Morgan fingerprint density at radius 1 is 1.15 bits per heavy atom. The fraction of sp³-hybridized carbons (Fsp3) is 0.500. The summed E-state index contributed by atoms with van der Waals surface area (Å²) >= 11 is 11.4. The topological polar surface area (TPSA) is 159 Å². The Balaban J connectivity index is 3.44. The maximum atomic E-state index is 12.2. The van der Waals surface area contributed by atoms with Gasteiger partial charge in [0.15, 0.2) is 0 Å². The normalized spacial score (nSPS) is 11.7. The van der Waals surface area contributed by atoms with Crippen molar-refractivity contribution in [2.75, 3.05) is 42.9 Å². The van der Waals surface area contributed by atoms with E-state index in [0.717, 1.165) is 12.1 Å². The monoisotopic (exact) mass is 424 g/mol. The predicted octanol–water partition coefficient (Wildman–Crippen LogP) is 0.870. The SMILES string of the molecule is O=C(NCC(O)CO)c1cc([N+](=O)[O-])c(N(CCCl)CCCl)cc1[N+](=O)[O-]. The number of amides is 1. The zero-order valence-corrected chi connectivity index (χ0v) is 15.5. The smallest absolute Gasteiger partial charge is 0.293 e. The van der Waals surface area contributed by atoms with Crippen LogP contribution in [-0.4, -0.2) is 70.1 Å². The summed E-state index contributed by atoms with van der Waals surface area (Å²) in [6.07, 6.45) is -1.27. The Morgan fingerprint density at radius 2 is 1.70 bits per heavy atom. The molecule has 1 atom stereocenters. The van der Waals surface area contributed by atoms with Crippen LogP contribution in [0.1, 0.15) is 10.4 Å². The summed E-state index contributed by atoms with van der Waals surface area (Å²) in [5, 5.41) is 43.0. The Bertz CT molecular complexity index is 698. The number of anilines is 1. The maximum Gasteiger partial charge on any atom is 0.293 e. The molecular formula is C14H18Cl2N4O7. The van der Waals surface area contributed by atoms with Crippen molar-refractivity contribution < 1.29 is 24.9 Å². The third kappa shape index (κ3) is 6.17. The summed E-state index contributed by atoms with van der Waals surface area (Å²) in [5.74, 6) is -0.795. The number of aliphatic hydroxyl groups is 2. The molecule has 11 nitrogen and oxygen atoms in total. The molecule has 0 bridgehead atoms. The number of nitrogens with one attached hydrogen (secondary N) is 1. The summed E-state index contributed by atoms with van der Waals surface area (Å²) in [5.41, 5.74) is -1.80. The van der Waals surface area contributed by atoms with Gasteiger partial charge in [0.25, 0.3) is 17.3 Å². The van der Waals surface area contributed by atoms with Crippen LogP contribution in [0.2, 0.25) is 0 Å². The van der Waals surface area contributed by atoms with Crippen LogP contribution in [0.15, 0.2) is 12.1 Å². The average Bonchev–Trinajstić information content (AvgIpc) is 2.64. The number of aliphatic hydroxyl groups excluding tert-OH is 2. The number of rotatable bonds is 11. The van der Waals surface area contributed by atoms with Gasteiger partial charge in [-0.15, -0.1) is 23.2 Å². The molecule has 0 radical (unpaired) electrons. The van der Waals surface area contributed by atoms with E-state index in [4.69, 9.17) is 28.3 Å². The largest absolute Gasteiger partial charge is 0.394 e. The van der Waals surface area contributed by atoms with Crippen LogP contribution in [0.4, 0.5) is 17.1 Å². The highest BCUT2D eigenvalue weighted by molar-refractivity contribution is 6.18. The third-order valence-electron chi connectivity index (χ3n) is 3.49. The third-order valence-corrected chi connectivity index (χ3v) is 3.83. The van der Waals surface area contributed by atoms with E-state index in [9.17, 15) is 30.1 Å². The second-order valence-corrected chi connectivity index (χ2v) is 6.04. The van der Waals surface area contributed by atoms with Gasteiger partial charge in [-0.2, -0.15) is 0 Å². The molecule has 0 aliphatic rings. The summed E-state index contributed by atoms with van der Waals surface area (Å²) in [6, 6.07) is 1.72. The lowest BCUT2D eigenvalue weighted by Crippen LogP contribution is -2.34. The number of nitro benzene ring substituents is 2. The molecule has 150 valence electrons. The standard InChI is InChI=1S/C14H18Cl2N4O7/c15-1-3-18(4-2-16)12-6-11(19(24)25)10(5-13(12)20(26)27)14(23)17-7-9(22)8-21/h5-6,9,21-22H,1-4,7-8H2,(H,17,23). The second-order valence-electron chi connectivity index (χ2n) is 5.28. The second kappa shape index (κ2) is 10.8. The van der Waals surface area contributed by atoms with Gasteiger partial charge in [-0.3, -0.25) is 25.0 Å². The van der Waals surface area contributed by atoms with Gasteiger partial charge in [-0.1, -0.05) is 0 Å². The highest BCUT2D eigenvalue weighted by Gasteiger charge is 2.30. The van der Waals surface area contributed by atoms with Crippen LogP contribution in [0.3, 0.4) is 0 Å². The molecule has 13 heteroatoms. The number of nitro groups is 2. The van der Waals surface area contributed by atoms with Crippen LogP contribution in [-0.2, 0) is 0 Å². The Labute approximate surface area is 163 Å². The summed E-state index contributed by atoms with van der Waals surface area (Å²) in [4.78, 5) is 34.8. The molecular weight excluding hydrogens is 407 g/mol. The van der Waals surface area contributed by atoms with E-state index in [0.29, 0.717) is 0 Å². The molecule has 0 saturated heterocycles. The number of carbonyl (C=O) groups excluding carboxylic acids is 1. The van der Waals surface area contributed by atoms with Crippen molar-refractivity contribution in [1.82, 2.24) is 5.32 Å². The van der Waals surface area contributed by atoms with Gasteiger partial charge in [0, 0.05) is 43.5 Å². The molecule has 1 aromatic carbocycles. The maximum absolute atomic E-state index is 12.2. The summed E-state index contributed by atoms with van der Waals surface area (Å²) < 4.78 is 0. The lowest BCUT2D eigenvalue weighted by molar-refractivity contribution is -0.388. The van der Waals surface area contributed by atoms with Crippen LogP contribution >= 0.6 is 23.2 Å². The fourth-order valence-electron chi connectivity index (χ4n) is 2.23. The van der Waals surface area contributed by atoms with E-state index in [1.807, 2.05) is 0 Å². The molecule has 0 fully saturated rings. The molecule has 0 heterocycles. The van der Waals surface area contributed by atoms with E-state index < -0.39 is 45.4 Å². The number of hydrogen-bond donors (Lipinski definition) is 3. The Morgan fingerprint density at radius 3 is 2.15 bits per heavy atom. The quantitative estimate of drug-likeness (QED) is 0.268. The first kappa shape index (κ1) is 22.8. The van der Waals surface area contributed by atoms with Gasteiger partial charge in [0.2, 0.25) is 0 Å². The molecule has 1 amide bonds.